The van der Waals surface area contributed by atoms with E-state index in [0.29, 0.717) is 15.8 Å². The van der Waals surface area contributed by atoms with Gasteiger partial charge in [0.2, 0.25) is 0 Å². The van der Waals surface area contributed by atoms with Crippen LogP contribution in [0, 0.1) is 0 Å². The van der Waals surface area contributed by atoms with Crippen molar-refractivity contribution in [2.75, 3.05) is 19.8 Å². The number of hydrogen-bond donors (Lipinski definition) is 2. The molecule has 0 aliphatic carbocycles. The SMILES string of the molecule is NCC(CO)OC(=O)COc1ccc(Cl)cc1Cl. The molecule has 0 aromatic heterocycles. The first-order valence-electron chi connectivity index (χ1n) is 5.15. The van der Waals surface area contributed by atoms with Gasteiger partial charge in [0.15, 0.2) is 6.61 Å². The van der Waals surface area contributed by atoms with Gasteiger partial charge in [-0.2, -0.15) is 0 Å². The molecule has 0 saturated heterocycles. The molecule has 0 fully saturated rings. The normalized spacial score (nSPS) is 12.0. The molecule has 1 rings (SSSR count). The van der Waals surface area contributed by atoms with Crippen LogP contribution in [-0.2, 0) is 9.53 Å². The Labute approximate surface area is 114 Å². The fraction of sp³-hybridized carbons (Fsp3) is 0.364. The highest BCUT2D eigenvalue weighted by atomic mass is 35.5. The molecule has 7 heteroatoms. The summed E-state index contributed by atoms with van der Waals surface area (Å²) in [7, 11) is 0. The van der Waals surface area contributed by atoms with Crippen LogP contribution in [0.25, 0.3) is 0 Å². The molecule has 1 atom stereocenters. The summed E-state index contributed by atoms with van der Waals surface area (Å²) in [6, 6.07) is 4.63. The number of carbonyl (C=O) groups excluding carboxylic acids is 1. The van der Waals surface area contributed by atoms with Crippen LogP contribution in [-0.4, -0.2) is 36.9 Å². The molecule has 18 heavy (non-hydrogen) atoms. The van der Waals surface area contributed by atoms with Crippen molar-refractivity contribution < 1.29 is 19.4 Å². The Bertz CT molecular complexity index is 410. The first-order valence-corrected chi connectivity index (χ1v) is 5.90. The molecular formula is C11H13Cl2NO4. The van der Waals surface area contributed by atoms with Crippen LogP contribution in [0.1, 0.15) is 0 Å². The summed E-state index contributed by atoms with van der Waals surface area (Å²) < 4.78 is 9.98. The molecule has 0 radical (unpaired) electrons. The number of halogens is 2. The van der Waals surface area contributed by atoms with Gasteiger partial charge in [-0.1, -0.05) is 23.2 Å². The van der Waals surface area contributed by atoms with Gasteiger partial charge < -0.3 is 20.3 Å². The van der Waals surface area contributed by atoms with E-state index < -0.39 is 12.1 Å². The average Bonchev–Trinajstić information content (AvgIpc) is 2.35. The maximum atomic E-state index is 11.3. The Kier molecular flexibility index (Phi) is 6.21. The van der Waals surface area contributed by atoms with Crippen molar-refractivity contribution in [2.45, 2.75) is 6.10 Å². The Balaban J connectivity index is 2.47. The number of rotatable bonds is 6. The number of hydrogen-bond acceptors (Lipinski definition) is 5. The van der Waals surface area contributed by atoms with Crippen LogP contribution in [0.5, 0.6) is 5.75 Å². The topological polar surface area (TPSA) is 81.8 Å². The summed E-state index contributed by atoms with van der Waals surface area (Å²) in [4.78, 5) is 11.3. The zero-order chi connectivity index (χ0) is 13.5. The third kappa shape index (κ3) is 4.70. The minimum absolute atomic E-state index is 0.0456. The van der Waals surface area contributed by atoms with E-state index >= 15 is 0 Å². The lowest BCUT2D eigenvalue weighted by molar-refractivity contribution is -0.152. The lowest BCUT2D eigenvalue weighted by Gasteiger charge is -2.13. The predicted molar refractivity (Wildman–Crippen MR) is 68.0 cm³/mol. The molecule has 0 spiro atoms. The summed E-state index contributed by atoms with van der Waals surface area (Å²) >= 11 is 11.6. The number of aliphatic hydroxyl groups is 1. The Morgan fingerprint density at radius 1 is 1.44 bits per heavy atom. The van der Waals surface area contributed by atoms with Crippen LogP contribution in [0.15, 0.2) is 18.2 Å². The van der Waals surface area contributed by atoms with Gasteiger partial charge in [0.1, 0.15) is 11.9 Å². The maximum absolute atomic E-state index is 11.3. The minimum atomic E-state index is -0.721. The fourth-order valence-corrected chi connectivity index (χ4v) is 1.57. The minimum Gasteiger partial charge on any atom is -0.480 e. The molecule has 1 unspecified atom stereocenters. The van der Waals surface area contributed by atoms with Crippen LogP contribution in [0.4, 0.5) is 0 Å². The van der Waals surface area contributed by atoms with Crippen LogP contribution in [0.3, 0.4) is 0 Å². The lowest BCUT2D eigenvalue weighted by Crippen LogP contribution is -2.31. The van der Waals surface area contributed by atoms with Crippen molar-refractivity contribution >= 4 is 29.2 Å². The van der Waals surface area contributed by atoms with E-state index in [1.54, 1.807) is 12.1 Å². The van der Waals surface area contributed by atoms with Crippen LogP contribution >= 0.6 is 23.2 Å². The quantitative estimate of drug-likeness (QED) is 0.771. The van der Waals surface area contributed by atoms with Gasteiger partial charge in [0.05, 0.1) is 11.6 Å². The molecule has 0 heterocycles. The molecule has 1 aromatic rings. The van der Waals surface area contributed by atoms with Gasteiger partial charge in [0.25, 0.3) is 0 Å². The van der Waals surface area contributed by atoms with Gasteiger partial charge >= 0.3 is 5.97 Å². The summed E-state index contributed by atoms with van der Waals surface area (Å²) in [5, 5.41) is 9.57. The highest BCUT2D eigenvalue weighted by Gasteiger charge is 2.13. The number of carbonyl (C=O) groups is 1. The van der Waals surface area contributed by atoms with Crippen molar-refractivity contribution in [2.24, 2.45) is 5.73 Å². The Morgan fingerprint density at radius 3 is 2.72 bits per heavy atom. The van der Waals surface area contributed by atoms with Crippen LogP contribution < -0.4 is 10.5 Å². The molecule has 3 N–H and O–H groups in total. The van der Waals surface area contributed by atoms with E-state index in [1.807, 2.05) is 0 Å². The number of benzene rings is 1. The van der Waals surface area contributed by atoms with Crippen molar-refractivity contribution in [1.29, 1.82) is 0 Å². The third-order valence-corrected chi connectivity index (χ3v) is 2.53. The lowest BCUT2D eigenvalue weighted by atomic mass is 10.3. The monoisotopic (exact) mass is 293 g/mol. The summed E-state index contributed by atoms with van der Waals surface area (Å²) in [5.41, 5.74) is 5.27. The van der Waals surface area contributed by atoms with Gasteiger partial charge in [0, 0.05) is 11.6 Å². The molecular weight excluding hydrogens is 281 g/mol. The largest absolute Gasteiger partial charge is 0.480 e. The Morgan fingerprint density at radius 2 is 2.17 bits per heavy atom. The van der Waals surface area contributed by atoms with Crippen molar-refractivity contribution in [1.82, 2.24) is 0 Å². The highest BCUT2D eigenvalue weighted by molar-refractivity contribution is 6.35. The molecule has 0 saturated carbocycles. The first kappa shape index (κ1) is 15.0. The molecule has 0 aliphatic heterocycles. The molecule has 0 bridgehead atoms. The van der Waals surface area contributed by atoms with Crippen molar-refractivity contribution in [3.05, 3.63) is 28.2 Å². The number of nitrogens with two attached hydrogens (primary N) is 1. The summed E-state index contributed by atoms with van der Waals surface area (Å²) in [5.74, 6) is -0.308. The van der Waals surface area contributed by atoms with E-state index in [9.17, 15) is 4.79 Å². The third-order valence-electron chi connectivity index (χ3n) is 2.00. The number of ether oxygens (including phenoxy) is 2. The first-order chi connectivity index (χ1) is 8.56. The fourth-order valence-electron chi connectivity index (χ4n) is 1.11. The number of aliphatic hydroxyl groups excluding tert-OH is 1. The number of esters is 1. The highest BCUT2D eigenvalue weighted by Crippen LogP contribution is 2.27. The second-order valence-corrected chi connectivity index (χ2v) is 4.24. The zero-order valence-corrected chi connectivity index (χ0v) is 10.9. The van der Waals surface area contributed by atoms with Crippen LogP contribution in [0.2, 0.25) is 10.0 Å². The second-order valence-electron chi connectivity index (χ2n) is 3.39. The van der Waals surface area contributed by atoms with Crippen molar-refractivity contribution in [3.63, 3.8) is 0 Å². The standard InChI is InChI=1S/C11H13Cl2NO4/c12-7-1-2-10(9(13)3-7)17-6-11(16)18-8(4-14)5-15/h1-3,8,15H,4-6,14H2. The van der Waals surface area contributed by atoms with Gasteiger partial charge in [-0.05, 0) is 18.2 Å². The van der Waals surface area contributed by atoms with E-state index in [2.05, 4.69) is 0 Å². The van der Waals surface area contributed by atoms with E-state index in [4.69, 9.17) is 43.5 Å². The van der Waals surface area contributed by atoms with E-state index in [1.165, 1.54) is 6.07 Å². The summed E-state index contributed by atoms with van der Waals surface area (Å²) in [6.07, 6.45) is -0.721. The molecule has 1 aromatic carbocycles. The molecule has 5 nitrogen and oxygen atoms in total. The van der Waals surface area contributed by atoms with Gasteiger partial charge in [-0.15, -0.1) is 0 Å². The average molecular weight is 294 g/mol. The van der Waals surface area contributed by atoms with E-state index in [0.717, 1.165) is 0 Å². The molecule has 100 valence electrons. The van der Waals surface area contributed by atoms with Gasteiger partial charge in [-0.25, -0.2) is 4.79 Å². The van der Waals surface area contributed by atoms with Crippen molar-refractivity contribution in [3.8, 4) is 5.75 Å². The summed E-state index contributed by atoms with van der Waals surface area (Å²) in [6.45, 7) is -0.605. The molecule has 0 amide bonds. The second kappa shape index (κ2) is 7.43. The maximum Gasteiger partial charge on any atom is 0.344 e. The smallest absolute Gasteiger partial charge is 0.344 e. The zero-order valence-electron chi connectivity index (χ0n) is 9.44. The predicted octanol–water partition coefficient (Wildman–Crippen LogP) is 1.24. The van der Waals surface area contributed by atoms with Gasteiger partial charge in [-0.3, -0.25) is 0 Å². The van der Waals surface area contributed by atoms with E-state index in [-0.39, 0.29) is 19.8 Å². The molecule has 0 aliphatic rings. The Hall–Kier alpha value is -1.01.